The van der Waals surface area contributed by atoms with Gasteiger partial charge in [-0.25, -0.2) is 0 Å². The molecule has 4 N–H and O–H groups in total. The molecule has 0 saturated carbocycles. The number of benzene rings is 2. The average Bonchev–Trinajstić information content (AvgIpc) is 3.04. The van der Waals surface area contributed by atoms with Gasteiger partial charge in [0.05, 0.1) is 18.0 Å². The van der Waals surface area contributed by atoms with Crippen LogP contribution in [0.5, 0.6) is 5.75 Å². The molecule has 0 fully saturated rings. The minimum atomic E-state index is 0. The van der Waals surface area contributed by atoms with E-state index in [1.54, 1.807) is 0 Å². The first-order chi connectivity index (χ1) is 12.6. The molecule has 3 rings (SSSR count). The van der Waals surface area contributed by atoms with Crippen LogP contribution in [-0.2, 0) is 12.8 Å². The van der Waals surface area contributed by atoms with E-state index in [1.807, 2.05) is 51.1 Å². The van der Waals surface area contributed by atoms with E-state index < -0.39 is 0 Å². The van der Waals surface area contributed by atoms with Crippen LogP contribution in [0.2, 0.25) is 0 Å². The lowest BCUT2D eigenvalue weighted by molar-refractivity contribution is 0.312. The van der Waals surface area contributed by atoms with Gasteiger partial charge in [0.25, 0.3) is 0 Å². The molecule has 0 aromatic heterocycles. The highest BCUT2D eigenvalue weighted by Crippen LogP contribution is 2.35. The largest absolute Gasteiger partial charge is 0.494 e. The topological polar surface area (TPSA) is 64.5 Å². The molecule has 0 spiro atoms. The molecular weight excluding hydrogens is 334 g/mol. The van der Waals surface area contributed by atoms with E-state index >= 15 is 0 Å². The van der Waals surface area contributed by atoms with Gasteiger partial charge < -0.3 is 21.1 Å². The second-order valence-corrected chi connectivity index (χ2v) is 6.63. The van der Waals surface area contributed by atoms with Gasteiger partial charge in [-0.05, 0) is 55.5 Å². The maximum atomic E-state index is 6.32. The van der Waals surface area contributed by atoms with Crippen molar-refractivity contribution in [1.82, 2.24) is 0 Å². The number of fused-ring (bicyclic) bond motifs is 1. The number of nitrogens with two attached hydrogens (primary N) is 2. The molecule has 0 saturated heterocycles. The van der Waals surface area contributed by atoms with Crippen LogP contribution in [0.15, 0.2) is 42.5 Å². The minimum Gasteiger partial charge on any atom is -0.494 e. The zero-order chi connectivity index (χ0) is 18.9. The normalized spacial score (nSPS) is 13.1. The fourth-order valence-electron chi connectivity index (χ4n) is 3.41. The van der Waals surface area contributed by atoms with E-state index in [-0.39, 0.29) is 13.5 Å². The number of hydrogen-bond acceptors (Lipinski definition) is 4. The lowest BCUT2D eigenvalue weighted by atomic mass is 10.0. The third kappa shape index (κ3) is 6.47. The molecular formula is C23H37N3O. The van der Waals surface area contributed by atoms with Crippen LogP contribution >= 0.6 is 0 Å². The lowest BCUT2D eigenvalue weighted by Crippen LogP contribution is -2.24. The second kappa shape index (κ2) is 11.5. The van der Waals surface area contributed by atoms with E-state index in [0.29, 0.717) is 0 Å². The Kier molecular flexibility index (Phi) is 9.73. The van der Waals surface area contributed by atoms with E-state index in [0.717, 1.165) is 50.4 Å². The van der Waals surface area contributed by atoms with Crippen molar-refractivity contribution in [3.8, 4) is 5.75 Å². The summed E-state index contributed by atoms with van der Waals surface area (Å²) in [6.45, 7) is 8.75. The fraction of sp³-hybridized carbons (Fsp3) is 0.478. The molecule has 0 amide bonds. The number of nitrogen functional groups attached to an aromatic ring is 1. The van der Waals surface area contributed by atoms with Crippen molar-refractivity contribution >= 4 is 11.4 Å². The number of rotatable bonds is 7. The molecule has 4 heteroatoms. The molecule has 0 radical (unpaired) electrons. The van der Waals surface area contributed by atoms with Gasteiger partial charge in [0, 0.05) is 19.1 Å². The first kappa shape index (κ1) is 22.8. The Labute approximate surface area is 165 Å². The Morgan fingerprint density at radius 3 is 2.52 bits per heavy atom. The molecule has 0 bridgehead atoms. The predicted molar refractivity (Wildman–Crippen MR) is 119 cm³/mol. The molecule has 0 unspecified atom stereocenters. The van der Waals surface area contributed by atoms with Crippen molar-refractivity contribution in [1.29, 1.82) is 0 Å². The van der Waals surface area contributed by atoms with Gasteiger partial charge >= 0.3 is 0 Å². The maximum absolute atomic E-state index is 6.32. The van der Waals surface area contributed by atoms with Gasteiger partial charge in [-0.1, -0.05) is 45.5 Å². The molecule has 1 heterocycles. The Morgan fingerprint density at radius 2 is 1.85 bits per heavy atom. The van der Waals surface area contributed by atoms with E-state index in [2.05, 4.69) is 17.0 Å². The molecule has 1 atom stereocenters. The van der Waals surface area contributed by atoms with Crippen LogP contribution in [0.25, 0.3) is 0 Å². The number of nitrogens with zero attached hydrogens (tertiary/aromatic N) is 1. The Morgan fingerprint density at radius 1 is 1.15 bits per heavy atom. The van der Waals surface area contributed by atoms with E-state index in [1.165, 1.54) is 16.8 Å². The third-order valence-electron chi connectivity index (χ3n) is 4.39. The van der Waals surface area contributed by atoms with Crippen LogP contribution in [0.3, 0.4) is 0 Å². The van der Waals surface area contributed by atoms with Crippen molar-refractivity contribution in [3.63, 3.8) is 0 Å². The maximum Gasteiger partial charge on any atom is 0.119 e. The number of para-hydroxylation sites is 1. The molecule has 1 aliphatic heterocycles. The summed E-state index contributed by atoms with van der Waals surface area (Å²) >= 11 is 0. The van der Waals surface area contributed by atoms with Gasteiger partial charge in [-0.15, -0.1) is 0 Å². The summed E-state index contributed by atoms with van der Waals surface area (Å²) < 4.78 is 5.78. The zero-order valence-corrected chi connectivity index (χ0v) is 16.4. The molecule has 1 aliphatic rings. The first-order valence-corrected chi connectivity index (χ1v) is 9.73. The highest BCUT2D eigenvalue weighted by Gasteiger charge is 2.22. The van der Waals surface area contributed by atoms with Gasteiger partial charge in [-0.2, -0.15) is 0 Å². The van der Waals surface area contributed by atoms with Crippen LogP contribution in [0, 0.1) is 0 Å². The van der Waals surface area contributed by atoms with Crippen LogP contribution in [0.4, 0.5) is 11.4 Å². The lowest BCUT2D eigenvalue weighted by Gasteiger charge is -2.21. The van der Waals surface area contributed by atoms with Crippen molar-refractivity contribution in [2.24, 2.45) is 5.73 Å². The van der Waals surface area contributed by atoms with Crippen LogP contribution < -0.4 is 21.1 Å². The summed E-state index contributed by atoms with van der Waals surface area (Å²) in [5.41, 5.74) is 16.9. The van der Waals surface area contributed by atoms with E-state index in [9.17, 15) is 0 Å². The number of hydrogen-bond donors (Lipinski definition) is 2. The highest BCUT2D eigenvalue weighted by atomic mass is 16.5. The summed E-state index contributed by atoms with van der Waals surface area (Å²) in [6.07, 6.45) is 2.92. The minimum absolute atomic E-state index is 0. The quantitative estimate of drug-likeness (QED) is 0.549. The summed E-state index contributed by atoms with van der Waals surface area (Å²) in [5, 5.41) is 0. The Hall–Kier alpha value is -2.20. The molecule has 4 nitrogen and oxygen atoms in total. The summed E-state index contributed by atoms with van der Waals surface area (Å²) in [4.78, 5) is 2.38. The van der Waals surface area contributed by atoms with Gasteiger partial charge in [0.15, 0.2) is 0 Å². The van der Waals surface area contributed by atoms with Crippen molar-refractivity contribution in [2.75, 3.05) is 30.3 Å². The Bertz CT molecular complexity index is 671. The highest BCUT2D eigenvalue weighted by molar-refractivity contribution is 5.75. The number of ether oxygens (including phenoxy) is 1. The van der Waals surface area contributed by atoms with E-state index in [4.69, 9.17) is 16.2 Å². The molecule has 0 aliphatic carbocycles. The molecule has 2 aromatic rings. The van der Waals surface area contributed by atoms with Gasteiger partial charge in [0.2, 0.25) is 0 Å². The number of anilines is 2. The molecule has 27 heavy (non-hydrogen) atoms. The van der Waals surface area contributed by atoms with Crippen molar-refractivity contribution < 1.29 is 4.74 Å². The summed E-state index contributed by atoms with van der Waals surface area (Å²) in [7, 11) is 0. The van der Waals surface area contributed by atoms with Crippen molar-refractivity contribution in [3.05, 3.63) is 53.6 Å². The summed E-state index contributed by atoms with van der Waals surface area (Å²) in [6, 6.07) is 14.5. The van der Waals surface area contributed by atoms with Crippen LogP contribution in [0.1, 0.15) is 45.7 Å². The third-order valence-corrected chi connectivity index (χ3v) is 4.39. The Balaban J connectivity index is 0.00000118. The smallest absolute Gasteiger partial charge is 0.119 e. The molecule has 2 aromatic carbocycles. The zero-order valence-electron chi connectivity index (χ0n) is 16.4. The summed E-state index contributed by atoms with van der Waals surface area (Å²) in [5.74, 6) is 0.930. The molecule has 150 valence electrons. The fourth-order valence-corrected chi connectivity index (χ4v) is 3.41. The SMILES string of the molecule is C.CC.C[C@@H](N)Cc1cc(N)c2c(c1)CCN2CCCOc1ccccc1. The van der Waals surface area contributed by atoms with Gasteiger partial charge in [0.1, 0.15) is 5.75 Å². The monoisotopic (exact) mass is 371 g/mol. The second-order valence-electron chi connectivity index (χ2n) is 6.63. The average molecular weight is 372 g/mol. The van der Waals surface area contributed by atoms with Crippen molar-refractivity contribution in [2.45, 2.75) is 53.5 Å². The predicted octanol–water partition coefficient (Wildman–Crippen LogP) is 4.65. The van der Waals surface area contributed by atoms with Gasteiger partial charge in [-0.3, -0.25) is 0 Å². The van der Waals surface area contributed by atoms with Crippen LogP contribution in [-0.4, -0.2) is 25.7 Å². The first-order valence-electron chi connectivity index (χ1n) is 9.73. The standard InChI is InChI=1S/C20H27N3O.C2H6.CH4/c1-15(21)12-16-13-17-8-10-23(20(17)19(22)14-16)9-5-11-24-18-6-3-2-4-7-18;1-2;/h2-4,6-7,13-15H,5,8-12,21-22H2,1H3;1-2H3;1H4/t15-;;/m1../s1.